The van der Waals surface area contributed by atoms with Gasteiger partial charge < -0.3 is 4.74 Å². The zero-order valence-corrected chi connectivity index (χ0v) is 12.5. The Morgan fingerprint density at radius 2 is 2.28 bits per heavy atom. The molecule has 0 radical (unpaired) electrons. The molecular formula is C12H10BrClFNOS. The van der Waals surface area contributed by atoms with Gasteiger partial charge in [-0.2, -0.15) is 0 Å². The number of benzene rings is 1. The van der Waals surface area contributed by atoms with Crippen LogP contribution < -0.4 is 4.74 Å². The molecule has 0 bridgehead atoms. The quantitative estimate of drug-likeness (QED) is 0.745. The van der Waals surface area contributed by atoms with Gasteiger partial charge in [0.05, 0.1) is 27.7 Å². The van der Waals surface area contributed by atoms with E-state index < -0.39 is 0 Å². The second kappa shape index (κ2) is 6.50. The van der Waals surface area contributed by atoms with E-state index in [1.54, 1.807) is 17.4 Å². The van der Waals surface area contributed by atoms with Crippen LogP contribution in [0.5, 0.6) is 5.75 Å². The molecule has 0 N–H and O–H groups in total. The van der Waals surface area contributed by atoms with Crippen LogP contribution in [-0.2, 0) is 12.3 Å². The van der Waals surface area contributed by atoms with E-state index in [-0.39, 0.29) is 5.82 Å². The molecule has 0 unspecified atom stereocenters. The van der Waals surface area contributed by atoms with Crippen LogP contribution in [0.3, 0.4) is 0 Å². The van der Waals surface area contributed by atoms with Gasteiger partial charge >= 0.3 is 0 Å². The van der Waals surface area contributed by atoms with E-state index in [0.717, 1.165) is 10.7 Å². The molecule has 0 atom stereocenters. The summed E-state index contributed by atoms with van der Waals surface area (Å²) in [5, 5.41) is 2.93. The van der Waals surface area contributed by atoms with Gasteiger partial charge in [-0.3, -0.25) is 0 Å². The molecule has 2 rings (SSSR count). The summed E-state index contributed by atoms with van der Waals surface area (Å²) in [5.74, 6) is 0.771. The highest BCUT2D eigenvalue weighted by molar-refractivity contribution is 9.10. The lowest BCUT2D eigenvalue weighted by atomic mass is 10.3. The lowest BCUT2D eigenvalue weighted by Crippen LogP contribution is -2.01. The SMILES string of the molecule is Fc1ccc(OCCc2nc(CCl)cs2)c(Br)c1. The zero-order valence-electron chi connectivity index (χ0n) is 9.33. The fourth-order valence-electron chi connectivity index (χ4n) is 1.37. The van der Waals surface area contributed by atoms with E-state index in [4.69, 9.17) is 16.3 Å². The van der Waals surface area contributed by atoms with Gasteiger partial charge in [0.1, 0.15) is 11.6 Å². The van der Waals surface area contributed by atoms with Crippen molar-refractivity contribution in [2.75, 3.05) is 6.61 Å². The molecule has 0 amide bonds. The molecule has 1 heterocycles. The van der Waals surface area contributed by atoms with Crippen molar-refractivity contribution in [3.8, 4) is 5.75 Å². The van der Waals surface area contributed by atoms with Gasteiger partial charge in [0, 0.05) is 11.8 Å². The maximum absolute atomic E-state index is 12.9. The third-order valence-electron chi connectivity index (χ3n) is 2.20. The van der Waals surface area contributed by atoms with E-state index >= 15 is 0 Å². The lowest BCUT2D eigenvalue weighted by molar-refractivity contribution is 0.319. The van der Waals surface area contributed by atoms with E-state index in [1.165, 1.54) is 12.1 Å². The summed E-state index contributed by atoms with van der Waals surface area (Å²) in [4.78, 5) is 4.33. The largest absolute Gasteiger partial charge is 0.492 e. The van der Waals surface area contributed by atoms with Crippen molar-refractivity contribution in [1.82, 2.24) is 4.98 Å². The van der Waals surface area contributed by atoms with Gasteiger partial charge in [-0.15, -0.1) is 22.9 Å². The molecule has 0 spiro atoms. The van der Waals surface area contributed by atoms with Gasteiger partial charge in [-0.05, 0) is 34.1 Å². The van der Waals surface area contributed by atoms with Crippen LogP contribution in [0.15, 0.2) is 28.1 Å². The minimum Gasteiger partial charge on any atom is -0.492 e. The molecule has 1 aromatic carbocycles. The van der Waals surface area contributed by atoms with Gasteiger partial charge in [0.2, 0.25) is 0 Å². The van der Waals surface area contributed by atoms with Gasteiger partial charge in [-0.25, -0.2) is 9.37 Å². The monoisotopic (exact) mass is 349 g/mol. The van der Waals surface area contributed by atoms with Crippen LogP contribution in [0.25, 0.3) is 0 Å². The van der Waals surface area contributed by atoms with E-state index in [2.05, 4.69) is 20.9 Å². The Labute approximate surface area is 122 Å². The number of nitrogens with zero attached hydrogens (tertiary/aromatic N) is 1. The fourth-order valence-corrected chi connectivity index (χ4v) is 2.84. The Bertz CT molecular complexity index is 535. The number of hydrogen-bond donors (Lipinski definition) is 0. The van der Waals surface area contributed by atoms with E-state index in [9.17, 15) is 4.39 Å². The van der Waals surface area contributed by atoms with Crippen LogP contribution in [0.2, 0.25) is 0 Å². The van der Waals surface area contributed by atoms with Crippen molar-refractivity contribution in [3.63, 3.8) is 0 Å². The topological polar surface area (TPSA) is 22.1 Å². The van der Waals surface area contributed by atoms with Crippen molar-refractivity contribution >= 4 is 38.9 Å². The lowest BCUT2D eigenvalue weighted by Gasteiger charge is -2.06. The van der Waals surface area contributed by atoms with Crippen molar-refractivity contribution < 1.29 is 9.13 Å². The average molecular weight is 351 g/mol. The number of thiazole rings is 1. The predicted octanol–water partition coefficient (Wildman–Crippen LogP) is 4.41. The zero-order chi connectivity index (χ0) is 13.0. The molecule has 2 aromatic rings. The van der Waals surface area contributed by atoms with Crippen molar-refractivity contribution in [2.24, 2.45) is 0 Å². The highest BCUT2D eigenvalue weighted by Gasteiger charge is 2.04. The second-order valence-electron chi connectivity index (χ2n) is 3.54. The first kappa shape index (κ1) is 13.8. The first-order chi connectivity index (χ1) is 8.69. The highest BCUT2D eigenvalue weighted by atomic mass is 79.9. The molecule has 0 aliphatic rings. The first-order valence-corrected chi connectivity index (χ1v) is 7.47. The van der Waals surface area contributed by atoms with Gasteiger partial charge in [0.25, 0.3) is 0 Å². The number of alkyl halides is 1. The third kappa shape index (κ3) is 3.67. The number of ether oxygens (including phenoxy) is 1. The summed E-state index contributed by atoms with van der Waals surface area (Å²) >= 11 is 10.5. The number of rotatable bonds is 5. The van der Waals surface area contributed by atoms with Crippen LogP contribution >= 0.6 is 38.9 Å². The average Bonchev–Trinajstić information content (AvgIpc) is 2.80. The summed E-state index contributed by atoms with van der Waals surface area (Å²) in [6.45, 7) is 0.499. The Morgan fingerprint density at radius 3 is 2.94 bits per heavy atom. The molecule has 1 aromatic heterocycles. The first-order valence-electron chi connectivity index (χ1n) is 5.26. The molecular weight excluding hydrogens is 341 g/mol. The molecule has 0 aliphatic carbocycles. The minimum absolute atomic E-state index is 0.291. The van der Waals surface area contributed by atoms with Crippen LogP contribution in [0, 0.1) is 5.82 Å². The second-order valence-corrected chi connectivity index (χ2v) is 5.60. The van der Waals surface area contributed by atoms with Crippen LogP contribution in [-0.4, -0.2) is 11.6 Å². The standard InChI is InChI=1S/C12H10BrClFNOS/c13-10-5-8(15)1-2-11(10)17-4-3-12-16-9(6-14)7-18-12/h1-2,5,7H,3-4,6H2. The fraction of sp³-hybridized carbons (Fsp3) is 0.250. The molecule has 2 nitrogen and oxygen atoms in total. The van der Waals surface area contributed by atoms with E-state index in [0.29, 0.717) is 29.1 Å². The van der Waals surface area contributed by atoms with E-state index in [1.807, 2.05) is 5.38 Å². The van der Waals surface area contributed by atoms with Gasteiger partial charge in [0.15, 0.2) is 0 Å². The minimum atomic E-state index is -0.291. The molecule has 0 aliphatic heterocycles. The Balaban J connectivity index is 1.88. The van der Waals surface area contributed by atoms with Crippen LogP contribution in [0.1, 0.15) is 10.7 Å². The highest BCUT2D eigenvalue weighted by Crippen LogP contribution is 2.25. The van der Waals surface area contributed by atoms with Crippen molar-refractivity contribution in [3.05, 3.63) is 44.6 Å². The summed E-state index contributed by atoms with van der Waals surface area (Å²) in [6, 6.07) is 4.35. The Kier molecular flexibility index (Phi) is 4.97. The third-order valence-corrected chi connectivity index (χ3v) is 4.05. The Hall–Kier alpha value is -0.650. The molecule has 0 saturated heterocycles. The molecule has 96 valence electrons. The molecule has 6 heteroatoms. The smallest absolute Gasteiger partial charge is 0.133 e. The number of hydrogen-bond acceptors (Lipinski definition) is 3. The van der Waals surface area contributed by atoms with Crippen molar-refractivity contribution in [1.29, 1.82) is 0 Å². The molecule has 0 saturated carbocycles. The van der Waals surface area contributed by atoms with Crippen LogP contribution in [0.4, 0.5) is 4.39 Å². The molecule has 18 heavy (non-hydrogen) atoms. The summed E-state index contributed by atoms with van der Waals surface area (Å²) < 4.78 is 19.0. The maximum atomic E-state index is 12.9. The summed E-state index contributed by atoms with van der Waals surface area (Å²) in [5.41, 5.74) is 0.889. The summed E-state index contributed by atoms with van der Waals surface area (Å²) in [6.07, 6.45) is 0.714. The normalized spacial score (nSPS) is 10.6. The predicted molar refractivity (Wildman–Crippen MR) is 75.0 cm³/mol. The Morgan fingerprint density at radius 1 is 1.44 bits per heavy atom. The number of halogens is 3. The maximum Gasteiger partial charge on any atom is 0.133 e. The van der Waals surface area contributed by atoms with Crippen molar-refractivity contribution in [2.45, 2.75) is 12.3 Å². The number of aromatic nitrogens is 1. The summed E-state index contributed by atoms with van der Waals surface area (Å²) in [7, 11) is 0. The van der Waals surface area contributed by atoms with Gasteiger partial charge in [-0.1, -0.05) is 0 Å². The molecule has 0 fully saturated rings.